The topological polar surface area (TPSA) is 84.0 Å². The summed E-state index contributed by atoms with van der Waals surface area (Å²) in [6.07, 6.45) is 0.773. The Morgan fingerprint density at radius 3 is 2.12 bits per heavy atom. The average molecular weight is 426 g/mol. The summed E-state index contributed by atoms with van der Waals surface area (Å²) < 4.78 is 5.20. The molecule has 0 saturated heterocycles. The van der Waals surface area contributed by atoms with Gasteiger partial charge in [-0.25, -0.2) is 9.69 Å². The highest BCUT2D eigenvalue weighted by atomic mass is 16.5. The fourth-order valence-corrected chi connectivity index (χ4v) is 4.06. The summed E-state index contributed by atoms with van der Waals surface area (Å²) in [6, 6.07) is 20.2. The van der Waals surface area contributed by atoms with Gasteiger partial charge in [0.05, 0.1) is 22.4 Å². The van der Waals surface area contributed by atoms with Gasteiger partial charge in [-0.2, -0.15) is 0 Å². The predicted octanol–water partition coefficient (Wildman–Crippen LogP) is 3.23. The lowest BCUT2D eigenvalue weighted by Gasteiger charge is -2.17. The molecule has 3 aromatic carbocycles. The van der Waals surface area contributed by atoms with Crippen LogP contribution in [0.25, 0.3) is 0 Å². The highest BCUT2D eigenvalue weighted by Gasteiger charge is 2.36. The maximum absolute atomic E-state index is 12.6. The summed E-state index contributed by atoms with van der Waals surface area (Å²) in [5.74, 6) is -1.75. The van der Waals surface area contributed by atoms with Crippen molar-refractivity contribution in [2.24, 2.45) is 0 Å². The van der Waals surface area contributed by atoms with Crippen molar-refractivity contribution in [1.29, 1.82) is 0 Å². The van der Waals surface area contributed by atoms with Gasteiger partial charge in [0.1, 0.15) is 0 Å². The van der Waals surface area contributed by atoms with Crippen molar-refractivity contribution in [2.75, 3.05) is 23.0 Å². The van der Waals surface area contributed by atoms with Gasteiger partial charge >= 0.3 is 5.97 Å². The van der Waals surface area contributed by atoms with E-state index in [1.165, 1.54) is 24.3 Å². The zero-order valence-electron chi connectivity index (χ0n) is 17.0. The molecule has 32 heavy (non-hydrogen) atoms. The van der Waals surface area contributed by atoms with E-state index in [9.17, 15) is 19.2 Å². The number of rotatable bonds is 4. The smallest absolute Gasteiger partial charge is 0.338 e. The third-order valence-corrected chi connectivity index (χ3v) is 5.67. The van der Waals surface area contributed by atoms with E-state index < -0.39 is 17.8 Å². The molecule has 0 aliphatic carbocycles. The molecule has 2 heterocycles. The van der Waals surface area contributed by atoms with Crippen LogP contribution >= 0.6 is 0 Å². The number of fused-ring (bicyclic) bond motifs is 2. The Morgan fingerprint density at radius 1 is 0.812 bits per heavy atom. The Labute approximate surface area is 183 Å². The third kappa shape index (κ3) is 3.24. The summed E-state index contributed by atoms with van der Waals surface area (Å²) >= 11 is 0. The lowest BCUT2D eigenvalue weighted by atomic mass is 10.1. The van der Waals surface area contributed by atoms with E-state index in [0.717, 1.165) is 22.6 Å². The van der Waals surface area contributed by atoms with Crippen LogP contribution in [0.3, 0.4) is 0 Å². The van der Waals surface area contributed by atoms with E-state index in [0.29, 0.717) is 23.4 Å². The first kappa shape index (κ1) is 19.7. The van der Waals surface area contributed by atoms with Crippen LogP contribution in [-0.2, 0) is 16.0 Å². The van der Waals surface area contributed by atoms with Crippen molar-refractivity contribution in [3.63, 3.8) is 0 Å². The molecular weight excluding hydrogens is 408 g/mol. The van der Waals surface area contributed by atoms with Crippen LogP contribution in [0.4, 0.5) is 11.4 Å². The zero-order valence-corrected chi connectivity index (χ0v) is 17.0. The monoisotopic (exact) mass is 426 g/mol. The molecule has 0 N–H and O–H groups in total. The van der Waals surface area contributed by atoms with Gasteiger partial charge in [0.2, 0.25) is 0 Å². The first-order valence-electron chi connectivity index (χ1n) is 10.2. The third-order valence-electron chi connectivity index (χ3n) is 5.67. The van der Waals surface area contributed by atoms with Crippen molar-refractivity contribution >= 4 is 35.1 Å². The highest BCUT2D eigenvalue weighted by molar-refractivity contribution is 6.34. The number of ether oxygens (including phenoxy) is 1. The SMILES string of the molecule is O=C(OCC(=O)N1CCc2ccccc21)c1ccc(N2C(=O)c3ccccc3C2=O)cc1. The van der Waals surface area contributed by atoms with Crippen LogP contribution in [0.15, 0.2) is 72.8 Å². The predicted molar refractivity (Wildman–Crippen MR) is 117 cm³/mol. The number of anilines is 2. The fraction of sp³-hybridized carbons (Fsp3) is 0.120. The summed E-state index contributed by atoms with van der Waals surface area (Å²) in [7, 11) is 0. The number of imide groups is 1. The average Bonchev–Trinajstić information content (AvgIpc) is 3.37. The zero-order chi connectivity index (χ0) is 22.2. The number of carbonyl (C=O) groups is 4. The molecule has 3 aromatic rings. The molecule has 0 radical (unpaired) electrons. The molecule has 7 nitrogen and oxygen atoms in total. The molecule has 7 heteroatoms. The first-order valence-corrected chi connectivity index (χ1v) is 10.2. The first-order chi connectivity index (χ1) is 15.5. The highest BCUT2D eigenvalue weighted by Crippen LogP contribution is 2.29. The van der Waals surface area contributed by atoms with Crippen molar-refractivity contribution in [3.05, 3.63) is 95.1 Å². The summed E-state index contributed by atoms with van der Waals surface area (Å²) in [4.78, 5) is 52.8. The molecule has 2 aliphatic rings. The second-order valence-corrected chi connectivity index (χ2v) is 7.54. The number of benzene rings is 3. The van der Waals surface area contributed by atoms with Gasteiger partial charge < -0.3 is 9.64 Å². The van der Waals surface area contributed by atoms with Crippen molar-refractivity contribution in [1.82, 2.24) is 0 Å². The standard InChI is InChI=1S/C25H18N2O5/c28-22(26-14-13-16-5-1-4-8-21(16)26)15-32-25(31)17-9-11-18(12-10-17)27-23(29)19-6-2-3-7-20(19)24(27)30/h1-12H,13-15H2. The molecule has 0 aromatic heterocycles. The van der Waals surface area contributed by atoms with Gasteiger partial charge in [-0.1, -0.05) is 30.3 Å². The van der Waals surface area contributed by atoms with E-state index in [1.807, 2.05) is 24.3 Å². The molecule has 5 rings (SSSR count). The molecule has 0 unspecified atom stereocenters. The number of hydrogen-bond donors (Lipinski definition) is 0. The number of para-hydroxylation sites is 1. The Bertz CT molecular complexity index is 1230. The molecule has 2 aliphatic heterocycles. The van der Waals surface area contributed by atoms with E-state index in [-0.39, 0.29) is 18.1 Å². The summed E-state index contributed by atoms with van der Waals surface area (Å²) in [5, 5.41) is 0. The largest absolute Gasteiger partial charge is 0.452 e. The number of nitrogens with zero attached hydrogens (tertiary/aromatic N) is 2. The van der Waals surface area contributed by atoms with Gasteiger partial charge in [0.25, 0.3) is 17.7 Å². The normalized spacial score (nSPS) is 14.4. The lowest BCUT2D eigenvalue weighted by molar-refractivity contribution is -0.121. The molecule has 0 saturated carbocycles. The maximum Gasteiger partial charge on any atom is 0.338 e. The quantitative estimate of drug-likeness (QED) is 0.472. The molecule has 3 amide bonds. The van der Waals surface area contributed by atoms with Crippen molar-refractivity contribution < 1.29 is 23.9 Å². The van der Waals surface area contributed by atoms with E-state index in [2.05, 4.69) is 0 Å². The van der Waals surface area contributed by atoms with Gasteiger partial charge in [-0.05, 0) is 54.4 Å². The van der Waals surface area contributed by atoms with E-state index in [4.69, 9.17) is 4.74 Å². The molecule has 0 bridgehead atoms. The summed E-state index contributed by atoms with van der Waals surface area (Å²) in [5.41, 5.74) is 3.22. The minimum atomic E-state index is -0.653. The van der Waals surface area contributed by atoms with Crippen LogP contribution in [0.1, 0.15) is 36.6 Å². The second-order valence-electron chi connectivity index (χ2n) is 7.54. The van der Waals surface area contributed by atoms with Crippen molar-refractivity contribution in [3.8, 4) is 0 Å². The minimum Gasteiger partial charge on any atom is -0.452 e. The lowest BCUT2D eigenvalue weighted by Crippen LogP contribution is -2.33. The Balaban J connectivity index is 1.24. The van der Waals surface area contributed by atoms with Crippen LogP contribution in [-0.4, -0.2) is 36.8 Å². The van der Waals surface area contributed by atoms with E-state index in [1.54, 1.807) is 29.2 Å². The molecule has 0 atom stereocenters. The number of carbonyl (C=O) groups excluding carboxylic acids is 4. The maximum atomic E-state index is 12.6. The van der Waals surface area contributed by atoms with Crippen molar-refractivity contribution in [2.45, 2.75) is 6.42 Å². The molecular formula is C25H18N2O5. The van der Waals surface area contributed by atoms with E-state index >= 15 is 0 Å². The van der Waals surface area contributed by atoms with Gasteiger partial charge in [-0.15, -0.1) is 0 Å². The van der Waals surface area contributed by atoms with Crippen LogP contribution in [0.2, 0.25) is 0 Å². The Morgan fingerprint density at radius 2 is 1.44 bits per heavy atom. The Kier molecular flexibility index (Phi) is 4.78. The number of amides is 3. The number of hydrogen-bond acceptors (Lipinski definition) is 5. The molecule has 158 valence electrons. The Hall–Kier alpha value is -4.26. The summed E-state index contributed by atoms with van der Waals surface area (Å²) in [6.45, 7) is 0.192. The number of esters is 1. The van der Waals surface area contributed by atoms with Gasteiger partial charge in [0.15, 0.2) is 6.61 Å². The van der Waals surface area contributed by atoms with Gasteiger partial charge in [-0.3, -0.25) is 14.4 Å². The van der Waals surface area contributed by atoms with Crippen LogP contribution in [0.5, 0.6) is 0 Å². The molecule has 0 spiro atoms. The fourth-order valence-electron chi connectivity index (χ4n) is 4.06. The van der Waals surface area contributed by atoms with Gasteiger partial charge in [0, 0.05) is 12.2 Å². The molecule has 0 fully saturated rings. The second kappa shape index (κ2) is 7.77. The van der Waals surface area contributed by atoms with Crippen LogP contribution < -0.4 is 9.80 Å². The van der Waals surface area contributed by atoms with Crippen LogP contribution in [0, 0.1) is 0 Å². The minimum absolute atomic E-state index is 0.222.